The number of hydrogen-bond acceptors (Lipinski definition) is 3. The number of ether oxygens (including phenoxy) is 1. The number of fused-ring (bicyclic) bond motifs is 1. The summed E-state index contributed by atoms with van der Waals surface area (Å²) in [6, 6.07) is 4.16. The highest BCUT2D eigenvalue weighted by molar-refractivity contribution is 5.88. The van der Waals surface area contributed by atoms with Gasteiger partial charge in [0.15, 0.2) is 0 Å². The zero-order valence-corrected chi connectivity index (χ0v) is 15.3. The van der Waals surface area contributed by atoms with Crippen LogP contribution in [0.3, 0.4) is 0 Å². The molecule has 6 heteroatoms. The van der Waals surface area contributed by atoms with E-state index in [4.69, 9.17) is 4.74 Å². The largest absolute Gasteiger partial charge is 0.487 e. The lowest BCUT2D eigenvalue weighted by Crippen LogP contribution is -2.47. The highest BCUT2D eigenvalue weighted by atomic mass is 19.1. The molecule has 0 aliphatic carbocycles. The Morgan fingerprint density at radius 1 is 1.42 bits per heavy atom. The minimum atomic E-state index is -0.504. The van der Waals surface area contributed by atoms with Crippen molar-refractivity contribution in [2.75, 3.05) is 13.1 Å². The molecule has 1 aromatic rings. The lowest BCUT2D eigenvalue weighted by atomic mass is 9.88. The van der Waals surface area contributed by atoms with Gasteiger partial charge in [-0.25, -0.2) is 4.39 Å². The monoisotopic (exact) mass is 360 g/mol. The molecule has 1 N–H and O–H groups in total. The fourth-order valence-corrected chi connectivity index (χ4v) is 3.76. The summed E-state index contributed by atoms with van der Waals surface area (Å²) in [5.41, 5.74) is 0.282. The molecule has 1 fully saturated rings. The maximum Gasteiger partial charge on any atom is 0.245 e. The van der Waals surface area contributed by atoms with E-state index in [1.54, 1.807) is 11.0 Å². The van der Waals surface area contributed by atoms with Crippen LogP contribution in [0.25, 0.3) is 0 Å². The van der Waals surface area contributed by atoms with Crippen LogP contribution in [0, 0.1) is 11.7 Å². The number of likely N-dealkylation sites (tertiary alicyclic amines) is 1. The van der Waals surface area contributed by atoms with Crippen LogP contribution in [-0.2, 0) is 9.59 Å². The van der Waals surface area contributed by atoms with Crippen molar-refractivity contribution in [3.8, 4) is 5.75 Å². The van der Waals surface area contributed by atoms with E-state index in [1.807, 2.05) is 13.8 Å². The highest BCUT2D eigenvalue weighted by Crippen LogP contribution is 2.40. The normalized spacial score (nSPS) is 24.2. The summed E-state index contributed by atoms with van der Waals surface area (Å²) in [6.45, 7) is 8.41. The van der Waals surface area contributed by atoms with Gasteiger partial charge in [-0.2, -0.15) is 0 Å². The van der Waals surface area contributed by atoms with Gasteiger partial charge in [0, 0.05) is 31.1 Å². The van der Waals surface area contributed by atoms with Gasteiger partial charge in [0.05, 0.1) is 12.0 Å². The molecule has 0 bridgehead atoms. The average Bonchev–Trinajstić information content (AvgIpc) is 2.59. The zero-order chi connectivity index (χ0) is 18.9. The third-order valence-electron chi connectivity index (χ3n) is 5.03. The molecule has 2 aliphatic heterocycles. The molecule has 140 valence electrons. The minimum Gasteiger partial charge on any atom is -0.487 e. The Bertz CT molecular complexity index is 732. The van der Waals surface area contributed by atoms with Gasteiger partial charge in [-0.1, -0.05) is 12.6 Å². The minimum absolute atomic E-state index is 0.0791. The number of nitrogens with one attached hydrogen (secondary N) is 1. The Labute approximate surface area is 153 Å². The number of benzene rings is 1. The van der Waals surface area contributed by atoms with E-state index in [0.29, 0.717) is 25.3 Å². The van der Waals surface area contributed by atoms with Gasteiger partial charge in [-0.05, 0) is 38.8 Å². The molecule has 1 aromatic carbocycles. The summed E-state index contributed by atoms with van der Waals surface area (Å²) in [4.78, 5) is 26.3. The van der Waals surface area contributed by atoms with Gasteiger partial charge >= 0.3 is 0 Å². The summed E-state index contributed by atoms with van der Waals surface area (Å²) < 4.78 is 19.4. The van der Waals surface area contributed by atoms with Crippen LogP contribution < -0.4 is 10.1 Å². The number of hydrogen-bond donors (Lipinski definition) is 1. The third-order valence-corrected chi connectivity index (χ3v) is 5.03. The predicted molar refractivity (Wildman–Crippen MR) is 96.1 cm³/mol. The van der Waals surface area contributed by atoms with Crippen molar-refractivity contribution in [1.82, 2.24) is 10.2 Å². The van der Waals surface area contributed by atoms with Crippen LogP contribution >= 0.6 is 0 Å². The summed E-state index contributed by atoms with van der Waals surface area (Å²) >= 11 is 0. The van der Waals surface area contributed by atoms with Crippen LogP contribution in [0.1, 0.15) is 44.7 Å². The number of rotatable bonds is 3. The average molecular weight is 360 g/mol. The first-order chi connectivity index (χ1) is 12.3. The van der Waals surface area contributed by atoms with Gasteiger partial charge in [-0.15, -0.1) is 0 Å². The van der Waals surface area contributed by atoms with Gasteiger partial charge in [0.1, 0.15) is 17.2 Å². The van der Waals surface area contributed by atoms with E-state index in [2.05, 4.69) is 11.9 Å². The molecule has 3 rings (SSSR count). The molecular formula is C20H25FN2O3. The highest BCUT2D eigenvalue weighted by Gasteiger charge is 2.36. The number of piperidine rings is 1. The van der Waals surface area contributed by atoms with Gasteiger partial charge < -0.3 is 15.0 Å². The summed E-state index contributed by atoms with van der Waals surface area (Å²) in [7, 11) is 0. The van der Waals surface area contributed by atoms with Crippen molar-refractivity contribution >= 4 is 11.8 Å². The lowest BCUT2D eigenvalue weighted by molar-refractivity contribution is -0.132. The van der Waals surface area contributed by atoms with E-state index >= 15 is 0 Å². The summed E-state index contributed by atoms with van der Waals surface area (Å²) in [5.74, 6) is -0.362. The molecule has 26 heavy (non-hydrogen) atoms. The number of carbonyl (C=O) groups excluding carboxylic acids is 2. The molecule has 0 spiro atoms. The number of nitrogens with zero attached hydrogens (tertiary/aromatic N) is 1. The van der Waals surface area contributed by atoms with Crippen LogP contribution in [0.5, 0.6) is 5.75 Å². The van der Waals surface area contributed by atoms with E-state index in [1.165, 1.54) is 18.2 Å². The van der Waals surface area contributed by atoms with Crippen LogP contribution in [-0.4, -0.2) is 35.4 Å². The molecule has 0 aromatic heterocycles. The second-order valence-electron chi connectivity index (χ2n) is 7.64. The third kappa shape index (κ3) is 3.89. The van der Waals surface area contributed by atoms with Gasteiger partial charge in [0.25, 0.3) is 0 Å². The molecule has 0 saturated carbocycles. The first kappa shape index (κ1) is 18.4. The summed E-state index contributed by atoms with van der Waals surface area (Å²) in [6.07, 6.45) is 3.42. The first-order valence-electron chi connectivity index (χ1n) is 8.99. The van der Waals surface area contributed by atoms with Crippen molar-refractivity contribution in [3.63, 3.8) is 0 Å². The van der Waals surface area contributed by atoms with Crippen molar-refractivity contribution in [1.29, 1.82) is 0 Å². The molecule has 2 aliphatic rings. The molecular weight excluding hydrogens is 335 g/mol. The van der Waals surface area contributed by atoms with Crippen LogP contribution in [0.4, 0.5) is 4.39 Å². The standard InChI is InChI=1S/C20H25FN2O3/c1-4-18(24)23-9-5-6-13(12-23)19(25)22-16-11-20(2,3)26-17-10-14(21)7-8-15(16)17/h4,7-8,10,13,16H,1,5-6,9,11-12H2,2-3H3,(H,22,25). The Morgan fingerprint density at radius 2 is 2.19 bits per heavy atom. The maximum atomic E-state index is 13.6. The SMILES string of the molecule is C=CC(=O)N1CCCC(C(=O)NC2CC(C)(C)Oc3cc(F)ccc32)C1. The molecule has 1 saturated heterocycles. The summed E-state index contributed by atoms with van der Waals surface area (Å²) in [5, 5.41) is 3.09. The quantitative estimate of drug-likeness (QED) is 0.843. The first-order valence-corrected chi connectivity index (χ1v) is 8.99. The molecule has 0 radical (unpaired) electrons. The van der Waals surface area contributed by atoms with Gasteiger partial charge in [0.2, 0.25) is 11.8 Å². The topological polar surface area (TPSA) is 58.6 Å². The number of carbonyl (C=O) groups is 2. The second-order valence-corrected chi connectivity index (χ2v) is 7.64. The maximum absolute atomic E-state index is 13.6. The lowest BCUT2D eigenvalue weighted by Gasteiger charge is -2.39. The molecule has 2 amide bonds. The van der Waals surface area contributed by atoms with E-state index in [0.717, 1.165) is 18.4 Å². The number of amides is 2. The van der Waals surface area contributed by atoms with Crippen LogP contribution in [0.15, 0.2) is 30.9 Å². The van der Waals surface area contributed by atoms with E-state index in [-0.39, 0.29) is 29.6 Å². The Balaban J connectivity index is 1.75. The number of halogens is 1. The smallest absolute Gasteiger partial charge is 0.245 e. The fraction of sp³-hybridized carbons (Fsp3) is 0.500. The van der Waals surface area contributed by atoms with Gasteiger partial charge in [-0.3, -0.25) is 9.59 Å². The van der Waals surface area contributed by atoms with Crippen LogP contribution in [0.2, 0.25) is 0 Å². The zero-order valence-electron chi connectivity index (χ0n) is 15.3. The fourth-order valence-electron chi connectivity index (χ4n) is 3.76. The predicted octanol–water partition coefficient (Wildman–Crippen LogP) is 2.97. The van der Waals surface area contributed by atoms with Crippen molar-refractivity contribution in [2.24, 2.45) is 5.92 Å². The van der Waals surface area contributed by atoms with Crippen molar-refractivity contribution < 1.29 is 18.7 Å². The second kappa shape index (κ2) is 7.09. The molecule has 2 heterocycles. The van der Waals surface area contributed by atoms with E-state index < -0.39 is 5.60 Å². The van der Waals surface area contributed by atoms with Crippen molar-refractivity contribution in [2.45, 2.75) is 44.8 Å². The Hall–Kier alpha value is -2.37. The Morgan fingerprint density at radius 3 is 2.92 bits per heavy atom. The van der Waals surface area contributed by atoms with E-state index in [9.17, 15) is 14.0 Å². The molecule has 2 atom stereocenters. The molecule has 2 unspecified atom stereocenters. The Kier molecular flexibility index (Phi) is 5.03. The molecule has 5 nitrogen and oxygen atoms in total. The van der Waals surface area contributed by atoms with Crippen molar-refractivity contribution in [3.05, 3.63) is 42.2 Å².